The van der Waals surface area contributed by atoms with Crippen molar-refractivity contribution in [2.45, 2.75) is 6.92 Å². The molecule has 1 amide bonds. The van der Waals surface area contributed by atoms with E-state index in [1.807, 2.05) is 6.92 Å². The minimum Gasteiger partial charge on any atom is -0.453 e. The Hall–Kier alpha value is -2.56. The average Bonchev–Trinajstić information content (AvgIpc) is 2.42. The maximum absolute atomic E-state index is 13.7. The van der Waals surface area contributed by atoms with E-state index >= 15 is 0 Å². The van der Waals surface area contributed by atoms with Gasteiger partial charge in [0, 0.05) is 18.8 Å². The number of hydrogen-bond acceptors (Lipinski definition) is 3. The molecule has 0 radical (unpaired) electrons. The third kappa shape index (κ3) is 2.88. The molecule has 0 heterocycles. The van der Waals surface area contributed by atoms with Crippen LogP contribution < -0.4 is 15.8 Å². The number of carbonyl (C=O) groups excluding carboxylic acids is 1. The van der Waals surface area contributed by atoms with Gasteiger partial charge in [0.15, 0.2) is 11.6 Å². The maximum Gasteiger partial charge on any atom is 0.254 e. The van der Waals surface area contributed by atoms with E-state index in [-0.39, 0.29) is 17.4 Å². The van der Waals surface area contributed by atoms with Gasteiger partial charge in [-0.1, -0.05) is 6.07 Å². The summed E-state index contributed by atoms with van der Waals surface area (Å²) in [5, 5.41) is 2.50. The topological polar surface area (TPSA) is 64.4 Å². The fourth-order valence-electron chi connectivity index (χ4n) is 1.75. The van der Waals surface area contributed by atoms with E-state index in [4.69, 9.17) is 10.5 Å². The lowest BCUT2D eigenvalue weighted by Gasteiger charge is -2.12. The zero-order valence-corrected chi connectivity index (χ0v) is 11.2. The Labute approximate surface area is 116 Å². The minimum absolute atomic E-state index is 0.0563. The van der Waals surface area contributed by atoms with Crippen molar-refractivity contribution in [3.63, 3.8) is 0 Å². The molecule has 0 saturated heterocycles. The summed E-state index contributed by atoms with van der Waals surface area (Å²) >= 11 is 0. The van der Waals surface area contributed by atoms with Crippen LogP contribution in [0.25, 0.3) is 0 Å². The number of nitrogen functional groups attached to an aromatic ring is 1. The van der Waals surface area contributed by atoms with E-state index in [2.05, 4.69) is 5.32 Å². The van der Waals surface area contributed by atoms with Crippen LogP contribution in [-0.4, -0.2) is 13.0 Å². The number of rotatable bonds is 3. The predicted octanol–water partition coefficient (Wildman–Crippen LogP) is 2.87. The van der Waals surface area contributed by atoms with E-state index < -0.39 is 5.82 Å². The van der Waals surface area contributed by atoms with Gasteiger partial charge in [-0.3, -0.25) is 4.79 Å². The largest absolute Gasteiger partial charge is 0.453 e. The first kappa shape index (κ1) is 13.9. The number of nitrogens with one attached hydrogen (secondary N) is 1. The second-order valence-electron chi connectivity index (χ2n) is 4.37. The highest BCUT2D eigenvalue weighted by Gasteiger charge is 2.14. The minimum atomic E-state index is -0.499. The number of benzene rings is 2. The Morgan fingerprint density at radius 3 is 2.65 bits per heavy atom. The highest BCUT2D eigenvalue weighted by molar-refractivity contribution is 5.97. The molecular formula is C15H15FN2O2. The van der Waals surface area contributed by atoms with Gasteiger partial charge in [-0.05, 0) is 36.8 Å². The predicted molar refractivity (Wildman–Crippen MR) is 75.5 cm³/mol. The molecule has 0 aliphatic carbocycles. The van der Waals surface area contributed by atoms with Crippen LogP contribution in [-0.2, 0) is 0 Å². The van der Waals surface area contributed by atoms with Crippen LogP contribution in [0, 0.1) is 12.7 Å². The van der Waals surface area contributed by atoms with Crippen molar-refractivity contribution in [2.75, 3.05) is 12.8 Å². The van der Waals surface area contributed by atoms with Crippen LogP contribution in [0.1, 0.15) is 15.9 Å². The van der Waals surface area contributed by atoms with Crippen molar-refractivity contribution in [3.05, 3.63) is 53.3 Å². The van der Waals surface area contributed by atoms with Gasteiger partial charge >= 0.3 is 0 Å². The maximum atomic E-state index is 13.7. The smallest absolute Gasteiger partial charge is 0.254 e. The molecule has 0 aromatic heterocycles. The van der Waals surface area contributed by atoms with Crippen molar-refractivity contribution in [3.8, 4) is 11.5 Å². The van der Waals surface area contributed by atoms with Crippen LogP contribution in [0.15, 0.2) is 36.4 Å². The molecule has 5 heteroatoms. The van der Waals surface area contributed by atoms with Crippen molar-refractivity contribution in [1.29, 1.82) is 0 Å². The number of aryl methyl sites for hydroxylation is 1. The molecule has 2 aromatic carbocycles. The standard InChI is InChI=1S/C15H15FN2O2/c1-9-3-6-12(16)14(7-9)20-13-8-10(17)4-5-11(13)15(19)18-2/h3-8H,17H2,1-2H3,(H,18,19). The number of nitrogens with two attached hydrogens (primary N) is 1. The summed E-state index contributed by atoms with van der Waals surface area (Å²) in [5.41, 5.74) is 7.26. The zero-order chi connectivity index (χ0) is 14.7. The molecule has 0 saturated carbocycles. The molecule has 0 bridgehead atoms. The lowest BCUT2D eigenvalue weighted by Crippen LogP contribution is -2.18. The van der Waals surface area contributed by atoms with E-state index in [9.17, 15) is 9.18 Å². The van der Waals surface area contributed by atoms with Crippen molar-refractivity contribution in [1.82, 2.24) is 5.32 Å². The van der Waals surface area contributed by atoms with Crippen molar-refractivity contribution >= 4 is 11.6 Å². The molecule has 0 unspecified atom stereocenters. The van der Waals surface area contributed by atoms with Crippen LogP contribution in [0.5, 0.6) is 11.5 Å². The molecule has 2 aromatic rings. The molecular weight excluding hydrogens is 259 g/mol. The Morgan fingerprint density at radius 2 is 1.95 bits per heavy atom. The molecule has 0 aliphatic rings. The van der Waals surface area contributed by atoms with E-state index in [0.29, 0.717) is 11.3 Å². The van der Waals surface area contributed by atoms with Gasteiger partial charge in [0.2, 0.25) is 0 Å². The molecule has 4 nitrogen and oxygen atoms in total. The Morgan fingerprint density at radius 1 is 1.20 bits per heavy atom. The lowest BCUT2D eigenvalue weighted by atomic mass is 10.1. The molecule has 3 N–H and O–H groups in total. The number of anilines is 1. The lowest BCUT2D eigenvalue weighted by molar-refractivity contribution is 0.0960. The summed E-state index contributed by atoms with van der Waals surface area (Å²) < 4.78 is 19.2. The molecule has 0 atom stereocenters. The van der Waals surface area contributed by atoms with Gasteiger partial charge in [0.1, 0.15) is 5.75 Å². The first-order valence-electron chi connectivity index (χ1n) is 6.07. The summed E-state index contributed by atoms with van der Waals surface area (Å²) in [6.45, 7) is 1.82. The normalized spacial score (nSPS) is 10.2. The monoisotopic (exact) mass is 274 g/mol. The highest BCUT2D eigenvalue weighted by Crippen LogP contribution is 2.29. The Balaban J connectivity index is 2.44. The van der Waals surface area contributed by atoms with Crippen LogP contribution >= 0.6 is 0 Å². The molecule has 0 spiro atoms. The number of hydrogen-bond donors (Lipinski definition) is 2. The summed E-state index contributed by atoms with van der Waals surface area (Å²) in [7, 11) is 1.51. The highest BCUT2D eigenvalue weighted by atomic mass is 19.1. The van der Waals surface area contributed by atoms with Crippen LogP contribution in [0.2, 0.25) is 0 Å². The quantitative estimate of drug-likeness (QED) is 0.846. The molecule has 104 valence electrons. The van der Waals surface area contributed by atoms with Gasteiger partial charge in [0.25, 0.3) is 5.91 Å². The second kappa shape index (κ2) is 5.61. The van der Waals surface area contributed by atoms with E-state index in [1.54, 1.807) is 18.2 Å². The Bertz CT molecular complexity index is 656. The summed E-state index contributed by atoms with van der Waals surface area (Å²) in [5.74, 6) is -0.552. The van der Waals surface area contributed by atoms with Gasteiger partial charge in [0.05, 0.1) is 5.56 Å². The SMILES string of the molecule is CNC(=O)c1ccc(N)cc1Oc1cc(C)ccc1F. The van der Waals surface area contributed by atoms with Gasteiger partial charge in [-0.25, -0.2) is 4.39 Å². The van der Waals surface area contributed by atoms with Crippen molar-refractivity contribution in [2.24, 2.45) is 0 Å². The fraction of sp³-hybridized carbons (Fsp3) is 0.133. The zero-order valence-electron chi connectivity index (χ0n) is 11.2. The summed E-state index contributed by atoms with van der Waals surface area (Å²) in [4.78, 5) is 11.8. The number of amides is 1. The average molecular weight is 274 g/mol. The van der Waals surface area contributed by atoms with Gasteiger partial charge in [-0.2, -0.15) is 0 Å². The number of halogens is 1. The van der Waals surface area contributed by atoms with Crippen molar-refractivity contribution < 1.29 is 13.9 Å². The number of carbonyl (C=O) groups is 1. The Kier molecular flexibility index (Phi) is 3.89. The van der Waals surface area contributed by atoms with E-state index in [1.165, 1.54) is 25.2 Å². The van der Waals surface area contributed by atoms with Gasteiger partial charge < -0.3 is 15.8 Å². The fourth-order valence-corrected chi connectivity index (χ4v) is 1.75. The third-order valence-electron chi connectivity index (χ3n) is 2.78. The first-order valence-corrected chi connectivity index (χ1v) is 6.07. The van der Waals surface area contributed by atoms with E-state index in [0.717, 1.165) is 5.56 Å². The molecule has 20 heavy (non-hydrogen) atoms. The molecule has 0 fully saturated rings. The molecule has 0 aliphatic heterocycles. The second-order valence-corrected chi connectivity index (χ2v) is 4.37. The van der Waals surface area contributed by atoms with Crippen LogP contribution in [0.3, 0.4) is 0 Å². The van der Waals surface area contributed by atoms with Crippen LogP contribution in [0.4, 0.5) is 10.1 Å². The summed E-state index contributed by atoms with van der Waals surface area (Å²) in [6, 6.07) is 9.14. The third-order valence-corrected chi connectivity index (χ3v) is 2.78. The molecule has 2 rings (SSSR count). The number of ether oxygens (including phenoxy) is 1. The first-order chi connectivity index (χ1) is 9.51. The van der Waals surface area contributed by atoms with Gasteiger partial charge in [-0.15, -0.1) is 0 Å². The summed E-state index contributed by atoms with van der Waals surface area (Å²) in [6.07, 6.45) is 0.